The Balaban J connectivity index is 1.50. The quantitative estimate of drug-likeness (QED) is 0.408. The van der Waals surface area contributed by atoms with Crippen LogP contribution in [0.1, 0.15) is 41.6 Å². The first-order chi connectivity index (χ1) is 17.6. The van der Waals surface area contributed by atoms with Gasteiger partial charge in [0, 0.05) is 24.5 Å². The first-order valence-electron chi connectivity index (χ1n) is 11.9. The fraction of sp³-hybridized carbons (Fsp3) is 0.269. The molecule has 1 heterocycles. The summed E-state index contributed by atoms with van der Waals surface area (Å²) in [5.74, 6) is -0.605. The lowest BCUT2D eigenvalue weighted by molar-refractivity contribution is 0.102. The van der Waals surface area contributed by atoms with E-state index in [1.807, 2.05) is 13.0 Å². The minimum Gasteiger partial charge on any atom is -0.322 e. The molecular weight excluding hydrogens is 534 g/mol. The minimum atomic E-state index is -3.82. The van der Waals surface area contributed by atoms with Crippen molar-refractivity contribution in [1.29, 1.82) is 0 Å². The number of aryl methyl sites for hydroxylation is 1. The van der Waals surface area contributed by atoms with E-state index in [-0.39, 0.29) is 20.4 Å². The van der Waals surface area contributed by atoms with E-state index < -0.39 is 26.0 Å². The van der Waals surface area contributed by atoms with Crippen LogP contribution in [0, 0.1) is 6.92 Å². The van der Waals surface area contributed by atoms with Crippen molar-refractivity contribution in [2.24, 2.45) is 0 Å². The first kappa shape index (κ1) is 27.1. The molecule has 1 saturated heterocycles. The molecule has 37 heavy (non-hydrogen) atoms. The van der Waals surface area contributed by atoms with Crippen LogP contribution in [0.3, 0.4) is 0 Å². The molecule has 0 unspecified atom stereocenters. The van der Waals surface area contributed by atoms with Crippen molar-refractivity contribution in [3.05, 3.63) is 82.9 Å². The number of carbonyl (C=O) groups excluding carboxylic acids is 1. The Hall–Kier alpha value is -2.92. The monoisotopic (exact) mass is 561 g/mol. The van der Waals surface area contributed by atoms with Crippen molar-refractivity contribution in [1.82, 2.24) is 4.31 Å². The Morgan fingerprint density at radius 1 is 0.811 bits per heavy atom. The van der Waals surface area contributed by atoms with Crippen molar-refractivity contribution >= 4 is 48.9 Å². The maximum atomic E-state index is 13.2. The molecule has 3 aromatic rings. The average molecular weight is 562 g/mol. The van der Waals surface area contributed by atoms with E-state index in [0.717, 1.165) is 31.2 Å². The van der Waals surface area contributed by atoms with Crippen LogP contribution in [0.5, 0.6) is 0 Å². The second kappa shape index (κ2) is 11.2. The Bertz CT molecular complexity index is 1500. The highest BCUT2D eigenvalue weighted by molar-refractivity contribution is 7.92. The number of nitrogens with one attached hydrogen (secondary N) is 2. The fourth-order valence-electron chi connectivity index (χ4n) is 4.11. The van der Waals surface area contributed by atoms with Crippen LogP contribution in [0.2, 0.25) is 5.02 Å². The van der Waals surface area contributed by atoms with Crippen LogP contribution in [0.15, 0.2) is 76.5 Å². The molecule has 196 valence electrons. The molecule has 4 rings (SSSR count). The van der Waals surface area contributed by atoms with E-state index in [0.29, 0.717) is 24.5 Å². The van der Waals surface area contributed by atoms with Crippen LogP contribution in [0.25, 0.3) is 0 Å². The molecular formula is C26H28ClN3O5S2. The molecule has 3 aromatic carbocycles. The summed E-state index contributed by atoms with van der Waals surface area (Å²) in [5, 5.41) is 2.76. The van der Waals surface area contributed by atoms with Gasteiger partial charge in [-0.05, 0) is 79.9 Å². The molecule has 0 atom stereocenters. The van der Waals surface area contributed by atoms with E-state index in [4.69, 9.17) is 11.6 Å². The number of halogens is 1. The molecule has 0 radical (unpaired) electrons. The Morgan fingerprint density at radius 3 is 2.11 bits per heavy atom. The van der Waals surface area contributed by atoms with Crippen molar-refractivity contribution in [2.45, 2.75) is 42.4 Å². The van der Waals surface area contributed by atoms with Gasteiger partial charge in [0.2, 0.25) is 10.0 Å². The van der Waals surface area contributed by atoms with Gasteiger partial charge in [-0.3, -0.25) is 9.52 Å². The van der Waals surface area contributed by atoms with Gasteiger partial charge in [-0.1, -0.05) is 36.6 Å². The van der Waals surface area contributed by atoms with E-state index in [9.17, 15) is 21.6 Å². The molecule has 1 fully saturated rings. The highest BCUT2D eigenvalue weighted by atomic mass is 35.5. The molecule has 11 heteroatoms. The molecule has 8 nitrogen and oxygen atoms in total. The maximum absolute atomic E-state index is 13.2. The summed E-state index contributed by atoms with van der Waals surface area (Å²) in [7, 11) is -7.59. The van der Waals surface area contributed by atoms with Crippen molar-refractivity contribution < 1.29 is 21.6 Å². The zero-order valence-corrected chi connectivity index (χ0v) is 22.7. The van der Waals surface area contributed by atoms with Crippen LogP contribution in [0.4, 0.5) is 11.4 Å². The smallest absolute Gasteiger partial charge is 0.261 e. The summed E-state index contributed by atoms with van der Waals surface area (Å²) in [6, 6.07) is 16.7. The van der Waals surface area contributed by atoms with Gasteiger partial charge in [0.1, 0.15) is 0 Å². The Morgan fingerprint density at radius 2 is 1.46 bits per heavy atom. The number of anilines is 2. The van der Waals surface area contributed by atoms with E-state index in [1.54, 1.807) is 18.2 Å². The maximum Gasteiger partial charge on any atom is 0.261 e. The highest BCUT2D eigenvalue weighted by Gasteiger charge is 2.27. The number of sulfonamides is 2. The minimum absolute atomic E-state index is 0.00705. The summed E-state index contributed by atoms with van der Waals surface area (Å²) in [6.45, 7) is 2.75. The average Bonchev–Trinajstić information content (AvgIpc) is 3.14. The van der Waals surface area contributed by atoms with Gasteiger partial charge in [-0.15, -0.1) is 0 Å². The van der Waals surface area contributed by atoms with E-state index in [1.165, 1.54) is 46.8 Å². The molecule has 0 aliphatic carbocycles. The molecule has 0 aromatic heterocycles. The topological polar surface area (TPSA) is 113 Å². The van der Waals surface area contributed by atoms with Crippen LogP contribution in [-0.4, -0.2) is 40.1 Å². The largest absolute Gasteiger partial charge is 0.322 e. The number of amides is 1. The molecule has 2 N–H and O–H groups in total. The highest BCUT2D eigenvalue weighted by Crippen LogP contribution is 2.26. The van der Waals surface area contributed by atoms with Crippen LogP contribution < -0.4 is 10.0 Å². The van der Waals surface area contributed by atoms with Gasteiger partial charge in [-0.2, -0.15) is 4.31 Å². The lowest BCUT2D eigenvalue weighted by Crippen LogP contribution is -2.32. The number of hydrogen-bond donors (Lipinski definition) is 2. The molecule has 0 saturated carbocycles. The van der Waals surface area contributed by atoms with Gasteiger partial charge in [0.25, 0.3) is 15.9 Å². The summed E-state index contributed by atoms with van der Waals surface area (Å²) in [6.07, 6.45) is 3.57. The lowest BCUT2D eigenvalue weighted by Gasteiger charge is -2.20. The zero-order chi connectivity index (χ0) is 26.6. The SMILES string of the molecule is Cc1cccc(NS(=O)(=O)c2ccc(NC(=O)c3cc(S(=O)(=O)N4CCCCCC4)ccc3Cl)cc2)c1. The van der Waals surface area contributed by atoms with E-state index >= 15 is 0 Å². The standard InChI is InChI=1S/C26H28ClN3O5S2/c1-19-7-6-8-21(17-19)29-36(32,33)22-11-9-20(10-12-22)28-26(31)24-18-23(13-14-25(24)27)37(34,35)30-15-4-2-3-5-16-30/h6-14,17-18,29H,2-5,15-16H2,1H3,(H,28,31). The van der Waals surface area contributed by atoms with Gasteiger partial charge in [0.15, 0.2) is 0 Å². The number of nitrogens with zero attached hydrogens (tertiary/aromatic N) is 1. The lowest BCUT2D eigenvalue weighted by atomic mass is 10.2. The van der Waals surface area contributed by atoms with Gasteiger partial charge >= 0.3 is 0 Å². The summed E-state index contributed by atoms with van der Waals surface area (Å²) in [5.41, 5.74) is 1.70. The van der Waals surface area contributed by atoms with E-state index in [2.05, 4.69) is 10.0 Å². The van der Waals surface area contributed by atoms with Crippen LogP contribution >= 0.6 is 11.6 Å². The number of rotatable bonds is 7. The fourth-order valence-corrected chi connectivity index (χ4v) is 6.91. The molecule has 0 spiro atoms. The molecule has 1 amide bonds. The van der Waals surface area contributed by atoms with Gasteiger partial charge < -0.3 is 5.32 Å². The predicted molar refractivity (Wildman–Crippen MR) is 145 cm³/mol. The number of benzene rings is 3. The number of hydrogen-bond acceptors (Lipinski definition) is 5. The van der Waals surface area contributed by atoms with Gasteiger partial charge in [-0.25, -0.2) is 16.8 Å². The summed E-state index contributed by atoms with van der Waals surface area (Å²) >= 11 is 6.24. The second-order valence-electron chi connectivity index (χ2n) is 8.91. The molecule has 1 aliphatic heterocycles. The van der Waals surface area contributed by atoms with Crippen LogP contribution in [-0.2, 0) is 20.0 Å². The van der Waals surface area contributed by atoms with Crippen molar-refractivity contribution in [3.8, 4) is 0 Å². The molecule has 1 aliphatic rings. The van der Waals surface area contributed by atoms with Crippen molar-refractivity contribution in [2.75, 3.05) is 23.1 Å². The third-order valence-corrected chi connectivity index (χ3v) is 9.70. The van der Waals surface area contributed by atoms with Gasteiger partial charge in [0.05, 0.1) is 20.4 Å². The third-order valence-electron chi connectivity index (χ3n) is 6.08. The Labute approximate surface area is 222 Å². The van der Waals surface area contributed by atoms with Crippen molar-refractivity contribution in [3.63, 3.8) is 0 Å². The Kier molecular flexibility index (Phi) is 8.23. The predicted octanol–water partition coefficient (Wildman–Crippen LogP) is 5.27. The summed E-state index contributed by atoms with van der Waals surface area (Å²) in [4.78, 5) is 13.0. The number of carbonyl (C=O) groups is 1. The normalized spacial score (nSPS) is 15.1. The zero-order valence-electron chi connectivity index (χ0n) is 20.3. The summed E-state index contributed by atoms with van der Waals surface area (Å²) < 4.78 is 55.7. The first-order valence-corrected chi connectivity index (χ1v) is 15.2. The third kappa shape index (κ3) is 6.51. The molecule has 0 bridgehead atoms. The second-order valence-corrected chi connectivity index (χ2v) is 12.9.